The first-order valence-electron chi connectivity index (χ1n) is 10.5. The molecule has 0 aliphatic carbocycles. The maximum atomic E-state index is 5.18. The van der Waals surface area contributed by atoms with E-state index >= 15 is 0 Å². The fourth-order valence-electron chi connectivity index (χ4n) is 4.05. The summed E-state index contributed by atoms with van der Waals surface area (Å²) in [6, 6.07) is 8.40. The van der Waals surface area contributed by atoms with Gasteiger partial charge in [-0.3, -0.25) is 0 Å². The van der Waals surface area contributed by atoms with Gasteiger partial charge in [-0.25, -0.2) is 9.66 Å². The molecule has 2 heterocycles. The second kappa shape index (κ2) is 8.10. The van der Waals surface area contributed by atoms with Gasteiger partial charge in [0.2, 0.25) is 0 Å². The van der Waals surface area contributed by atoms with E-state index in [1.54, 1.807) is 0 Å². The number of fused-ring (bicyclic) bond motifs is 1. The maximum Gasteiger partial charge on any atom is 0.131 e. The first-order chi connectivity index (χ1) is 13.4. The molecule has 2 aromatic rings. The molecule has 4 nitrogen and oxygen atoms in total. The molecule has 1 atom stereocenters. The minimum atomic E-state index is -0.191. The van der Waals surface area contributed by atoms with Gasteiger partial charge in [-0.1, -0.05) is 26.0 Å². The van der Waals surface area contributed by atoms with Gasteiger partial charge in [0.15, 0.2) is 0 Å². The number of thiol groups is 1. The number of para-hydroxylation sites is 2. The van der Waals surface area contributed by atoms with Crippen LogP contribution in [0.1, 0.15) is 66.6 Å². The zero-order valence-electron chi connectivity index (χ0n) is 19.2. The van der Waals surface area contributed by atoms with E-state index in [1.165, 1.54) is 16.1 Å². The lowest BCUT2D eigenvalue weighted by atomic mass is 9.96. The van der Waals surface area contributed by atoms with Crippen LogP contribution in [0.3, 0.4) is 0 Å². The molecule has 1 aliphatic rings. The molecule has 1 unspecified atom stereocenters. The standard InChI is InChI=1S/C23H36N4S2/c1-16(2)21-24-18-11-9-10-12-19(18)27(21)25(8)14-13-23(7,28)20-17(3)29-15-26(20)22(4,5)6/h9-12,16,28H,13-15H2,1-8H3. The van der Waals surface area contributed by atoms with Crippen LogP contribution in [0.15, 0.2) is 34.9 Å². The van der Waals surface area contributed by atoms with E-state index in [2.05, 4.69) is 94.4 Å². The fourth-order valence-corrected chi connectivity index (χ4v) is 5.82. The Morgan fingerprint density at radius 3 is 2.48 bits per heavy atom. The first kappa shape index (κ1) is 22.4. The van der Waals surface area contributed by atoms with Crippen molar-refractivity contribution in [3.05, 3.63) is 40.7 Å². The summed E-state index contributed by atoms with van der Waals surface area (Å²) in [4.78, 5) is 8.81. The van der Waals surface area contributed by atoms with Crippen LogP contribution < -0.4 is 5.01 Å². The molecule has 0 saturated heterocycles. The van der Waals surface area contributed by atoms with E-state index in [4.69, 9.17) is 17.6 Å². The number of aromatic nitrogens is 2. The number of rotatable bonds is 6. The van der Waals surface area contributed by atoms with Crippen LogP contribution in [0.2, 0.25) is 0 Å². The van der Waals surface area contributed by atoms with E-state index in [1.807, 2.05) is 11.8 Å². The summed E-state index contributed by atoms with van der Waals surface area (Å²) in [7, 11) is 2.16. The van der Waals surface area contributed by atoms with Crippen molar-refractivity contribution in [1.82, 2.24) is 14.6 Å². The first-order valence-corrected chi connectivity index (χ1v) is 11.9. The Bertz CT molecular complexity index is 905. The second-order valence-corrected chi connectivity index (χ2v) is 11.8. The normalized spacial score (nSPS) is 17.5. The molecule has 1 aliphatic heterocycles. The molecular formula is C23H36N4S2. The number of benzene rings is 1. The number of allylic oxidation sites excluding steroid dienone is 1. The van der Waals surface area contributed by atoms with Crippen molar-refractivity contribution >= 4 is 35.4 Å². The third-order valence-electron chi connectivity index (χ3n) is 5.68. The molecule has 1 aromatic heterocycles. The zero-order chi connectivity index (χ0) is 21.6. The van der Waals surface area contributed by atoms with Crippen LogP contribution in [0.4, 0.5) is 0 Å². The predicted octanol–water partition coefficient (Wildman–Crippen LogP) is 5.84. The monoisotopic (exact) mass is 432 g/mol. The molecule has 0 fully saturated rings. The molecule has 0 spiro atoms. The fraction of sp³-hybridized carbons (Fsp3) is 0.609. The van der Waals surface area contributed by atoms with Crippen molar-refractivity contribution in [2.45, 2.75) is 71.1 Å². The average molecular weight is 433 g/mol. The number of hydrogen-bond acceptors (Lipinski definition) is 5. The number of hydrogen-bond donors (Lipinski definition) is 1. The highest BCUT2D eigenvalue weighted by atomic mass is 32.2. The van der Waals surface area contributed by atoms with Gasteiger partial charge in [-0.15, -0.1) is 11.8 Å². The van der Waals surface area contributed by atoms with E-state index in [0.717, 1.165) is 30.2 Å². The summed E-state index contributed by atoms with van der Waals surface area (Å²) in [5, 5.41) is 2.30. The van der Waals surface area contributed by atoms with Crippen molar-refractivity contribution in [2.24, 2.45) is 0 Å². The van der Waals surface area contributed by atoms with Crippen LogP contribution in [0, 0.1) is 0 Å². The van der Waals surface area contributed by atoms with Crippen molar-refractivity contribution in [3.63, 3.8) is 0 Å². The van der Waals surface area contributed by atoms with E-state index in [-0.39, 0.29) is 10.3 Å². The van der Waals surface area contributed by atoms with Crippen molar-refractivity contribution in [2.75, 3.05) is 24.5 Å². The maximum absolute atomic E-state index is 5.18. The molecule has 3 rings (SSSR count). The minimum absolute atomic E-state index is 0.0986. The summed E-state index contributed by atoms with van der Waals surface area (Å²) >= 11 is 7.12. The smallest absolute Gasteiger partial charge is 0.131 e. The summed E-state index contributed by atoms with van der Waals surface area (Å²) in [6.07, 6.45) is 0.955. The van der Waals surface area contributed by atoms with Crippen molar-refractivity contribution in [3.8, 4) is 0 Å². The lowest BCUT2D eigenvalue weighted by molar-refractivity contribution is 0.205. The lowest BCUT2D eigenvalue weighted by Crippen LogP contribution is -2.45. The van der Waals surface area contributed by atoms with Gasteiger partial charge in [0.1, 0.15) is 5.82 Å². The second-order valence-electron chi connectivity index (χ2n) is 9.61. The van der Waals surface area contributed by atoms with E-state index in [9.17, 15) is 0 Å². The number of imidazole rings is 1. The summed E-state index contributed by atoms with van der Waals surface area (Å²) in [5.74, 6) is 2.48. The highest BCUT2D eigenvalue weighted by Crippen LogP contribution is 2.45. The van der Waals surface area contributed by atoms with Gasteiger partial charge >= 0.3 is 0 Å². The molecule has 0 radical (unpaired) electrons. The summed E-state index contributed by atoms with van der Waals surface area (Å²) in [6.45, 7) is 16.7. The SMILES string of the molecule is CC1=C(C(C)(S)CCN(C)n2c(C(C)C)nc3ccccc32)N(C(C)(C)C)CS1. The van der Waals surface area contributed by atoms with Crippen LogP contribution >= 0.6 is 24.4 Å². The van der Waals surface area contributed by atoms with E-state index in [0.29, 0.717) is 5.92 Å². The summed E-state index contributed by atoms with van der Waals surface area (Å²) in [5.41, 5.74) is 3.71. The topological polar surface area (TPSA) is 24.3 Å². The minimum Gasteiger partial charge on any atom is -0.359 e. The molecule has 0 amide bonds. The van der Waals surface area contributed by atoms with Crippen molar-refractivity contribution in [1.29, 1.82) is 0 Å². The highest BCUT2D eigenvalue weighted by Gasteiger charge is 2.39. The molecule has 0 N–H and O–H groups in total. The Morgan fingerprint density at radius 1 is 1.21 bits per heavy atom. The molecule has 6 heteroatoms. The molecule has 0 saturated carbocycles. The zero-order valence-corrected chi connectivity index (χ0v) is 20.9. The van der Waals surface area contributed by atoms with Crippen LogP contribution in [0.5, 0.6) is 0 Å². The molecule has 29 heavy (non-hydrogen) atoms. The Labute approximate surface area is 186 Å². The Morgan fingerprint density at radius 2 is 1.86 bits per heavy atom. The Balaban J connectivity index is 1.85. The summed E-state index contributed by atoms with van der Waals surface area (Å²) < 4.78 is 2.10. The lowest BCUT2D eigenvalue weighted by Gasteiger charge is -2.42. The van der Waals surface area contributed by atoms with Gasteiger partial charge in [0, 0.05) is 35.7 Å². The third kappa shape index (κ3) is 4.43. The Hall–Kier alpha value is -1.27. The number of thioether (sulfide) groups is 1. The molecule has 0 bridgehead atoms. The van der Waals surface area contributed by atoms with Crippen LogP contribution in [-0.2, 0) is 0 Å². The van der Waals surface area contributed by atoms with Gasteiger partial charge in [-0.05, 0) is 53.2 Å². The van der Waals surface area contributed by atoms with Gasteiger partial charge in [0.05, 0.1) is 21.7 Å². The molecule has 160 valence electrons. The van der Waals surface area contributed by atoms with Crippen LogP contribution in [0.25, 0.3) is 11.0 Å². The third-order valence-corrected chi connectivity index (χ3v) is 7.12. The van der Waals surface area contributed by atoms with Crippen LogP contribution in [-0.4, -0.2) is 44.3 Å². The van der Waals surface area contributed by atoms with Crippen molar-refractivity contribution < 1.29 is 0 Å². The highest BCUT2D eigenvalue weighted by molar-refractivity contribution is 8.03. The predicted molar refractivity (Wildman–Crippen MR) is 132 cm³/mol. The Kier molecular flexibility index (Phi) is 6.26. The number of nitrogens with zero attached hydrogens (tertiary/aromatic N) is 4. The molecular weight excluding hydrogens is 396 g/mol. The van der Waals surface area contributed by atoms with Gasteiger partial charge in [0.25, 0.3) is 0 Å². The quantitative estimate of drug-likeness (QED) is 0.579. The van der Waals surface area contributed by atoms with Gasteiger partial charge in [-0.2, -0.15) is 12.6 Å². The largest absolute Gasteiger partial charge is 0.359 e. The van der Waals surface area contributed by atoms with E-state index < -0.39 is 0 Å². The molecule has 1 aromatic carbocycles. The van der Waals surface area contributed by atoms with Gasteiger partial charge < -0.3 is 9.91 Å². The average Bonchev–Trinajstić information content (AvgIpc) is 3.20.